The molecule has 2 nitrogen and oxygen atoms in total. The summed E-state index contributed by atoms with van der Waals surface area (Å²) in [5, 5.41) is 10.9. The lowest BCUT2D eigenvalue weighted by atomic mass is 9.85. The molecule has 0 saturated carbocycles. The fourth-order valence-corrected chi connectivity index (χ4v) is 2.63. The van der Waals surface area contributed by atoms with Crippen molar-refractivity contribution in [3.8, 4) is 5.75 Å². The number of hydrogen-bond donors (Lipinski definition) is 1. The molecule has 0 spiro atoms. The zero-order valence-electron chi connectivity index (χ0n) is 11.2. The van der Waals surface area contributed by atoms with Gasteiger partial charge in [-0.05, 0) is 43.9 Å². The minimum atomic E-state index is -0.482. The van der Waals surface area contributed by atoms with E-state index in [0.29, 0.717) is 17.4 Å². The van der Waals surface area contributed by atoms with Gasteiger partial charge < -0.3 is 9.84 Å². The Kier molecular flexibility index (Phi) is 3.88. The predicted molar refractivity (Wildman–Crippen MR) is 74.1 cm³/mol. The molecule has 0 aromatic heterocycles. The van der Waals surface area contributed by atoms with Gasteiger partial charge in [0.1, 0.15) is 11.4 Å². The van der Waals surface area contributed by atoms with Crippen molar-refractivity contribution in [1.29, 1.82) is 0 Å². The van der Waals surface area contributed by atoms with Crippen LogP contribution in [0.1, 0.15) is 51.7 Å². The standard InChI is InChI=1S/C15H21ClO2/c1-10(2)6-7-15(3)9-13(17)12-8-11(16)4-5-14(12)18-15/h4-5,8,10,13,17H,6-7,9H2,1-3H3. The largest absolute Gasteiger partial charge is 0.487 e. The summed E-state index contributed by atoms with van der Waals surface area (Å²) in [7, 11) is 0. The van der Waals surface area contributed by atoms with Gasteiger partial charge in [-0.2, -0.15) is 0 Å². The van der Waals surface area contributed by atoms with E-state index in [4.69, 9.17) is 16.3 Å². The molecule has 3 heteroatoms. The molecule has 1 aliphatic rings. The maximum Gasteiger partial charge on any atom is 0.126 e. The van der Waals surface area contributed by atoms with Crippen molar-refractivity contribution < 1.29 is 9.84 Å². The van der Waals surface area contributed by atoms with E-state index < -0.39 is 6.10 Å². The van der Waals surface area contributed by atoms with Gasteiger partial charge in [-0.1, -0.05) is 25.4 Å². The van der Waals surface area contributed by atoms with Crippen molar-refractivity contribution in [3.63, 3.8) is 0 Å². The number of aliphatic hydroxyl groups excluding tert-OH is 1. The zero-order chi connectivity index (χ0) is 13.3. The second kappa shape index (κ2) is 5.10. The van der Waals surface area contributed by atoms with Crippen LogP contribution in [0.4, 0.5) is 0 Å². The molecule has 1 N–H and O–H groups in total. The van der Waals surface area contributed by atoms with E-state index in [2.05, 4.69) is 20.8 Å². The van der Waals surface area contributed by atoms with Gasteiger partial charge >= 0.3 is 0 Å². The van der Waals surface area contributed by atoms with Crippen LogP contribution in [0.5, 0.6) is 5.75 Å². The fraction of sp³-hybridized carbons (Fsp3) is 0.600. The van der Waals surface area contributed by atoms with E-state index in [1.165, 1.54) is 0 Å². The molecule has 1 aromatic carbocycles. The van der Waals surface area contributed by atoms with Crippen LogP contribution in [-0.2, 0) is 0 Å². The van der Waals surface area contributed by atoms with Crippen LogP contribution in [0.2, 0.25) is 5.02 Å². The minimum Gasteiger partial charge on any atom is -0.487 e. The SMILES string of the molecule is CC(C)CCC1(C)CC(O)c2cc(Cl)ccc2O1. The molecule has 18 heavy (non-hydrogen) atoms. The molecule has 100 valence electrons. The third kappa shape index (κ3) is 2.99. The Morgan fingerprint density at radius 3 is 2.89 bits per heavy atom. The molecule has 0 fully saturated rings. The molecule has 2 rings (SSSR count). The Balaban J connectivity index is 2.19. The summed E-state index contributed by atoms with van der Waals surface area (Å²) in [6.07, 6.45) is 2.22. The molecule has 0 saturated heterocycles. The van der Waals surface area contributed by atoms with Gasteiger partial charge in [-0.3, -0.25) is 0 Å². The van der Waals surface area contributed by atoms with Crippen LogP contribution >= 0.6 is 11.6 Å². The Bertz CT molecular complexity index is 431. The third-order valence-corrected chi connectivity index (χ3v) is 3.80. The third-order valence-electron chi connectivity index (χ3n) is 3.56. The maximum atomic E-state index is 10.2. The molecular formula is C15H21ClO2. The summed E-state index contributed by atoms with van der Waals surface area (Å²) in [5.74, 6) is 1.42. The molecule has 2 atom stereocenters. The van der Waals surface area contributed by atoms with Crippen LogP contribution < -0.4 is 4.74 Å². The van der Waals surface area contributed by atoms with Gasteiger partial charge in [0, 0.05) is 17.0 Å². The lowest BCUT2D eigenvalue weighted by Crippen LogP contribution is -2.38. The van der Waals surface area contributed by atoms with Crippen molar-refractivity contribution in [1.82, 2.24) is 0 Å². The number of fused-ring (bicyclic) bond motifs is 1. The number of benzene rings is 1. The topological polar surface area (TPSA) is 29.5 Å². The highest BCUT2D eigenvalue weighted by Gasteiger charge is 2.36. The van der Waals surface area contributed by atoms with Crippen LogP contribution in [-0.4, -0.2) is 10.7 Å². The Morgan fingerprint density at radius 2 is 2.22 bits per heavy atom. The van der Waals surface area contributed by atoms with Crippen molar-refractivity contribution >= 4 is 11.6 Å². The smallest absolute Gasteiger partial charge is 0.126 e. The monoisotopic (exact) mass is 268 g/mol. The van der Waals surface area contributed by atoms with Gasteiger partial charge in [0.25, 0.3) is 0 Å². The molecule has 1 aromatic rings. The summed E-state index contributed by atoms with van der Waals surface area (Å²) < 4.78 is 6.08. The van der Waals surface area contributed by atoms with Crippen LogP contribution in [0.3, 0.4) is 0 Å². The fourth-order valence-electron chi connectivity index (χ4n) is 2.45. The molecule has 0 amide bonds. The van der Waals surface area contributed by atoms with E-state index in [9.17, 15) is 5.11 Å². The molecular weight excluding hydrogens is 248 g/mol. The summed E-state index contributed by atoms with van der Waals surface area (Å²) in [5.41, 5.74) is 0.536. The molecule has 0 bridgehead atoms. The number of rotatable bonds is 3. The van der Waals surface area contributed by atoms with Gasteiger partial charge in [0.15, 0.2) is 0 Å². The minimum absolute atomic E-state index is 0.273. The van der Waals surface area contributed by atoms with E-state index in [1.54, 1.807) is 12.1 Å². The highest BCUT2D eigenvalue weighted by molar-refractivity contribution is 6.30. The summed E-state index contributed by atoms with van der Waals surface area (Å²) >= 11 is 5.95. The zero-order valence-corrected chi connectivity index (χ0v) is 12.0. The molecule has 2 unspecified atom stereocenters. The van der Waals surface area contributed by atoms with Gasteiger partial charge in [0.2, 0.25) is 0 Å². The van der Waals surface area contributed by atoms with Gasteiger partial charge in [-0.25, -0.2) is 0 Å². The molecule has 0 radical (unpaired) electrons. The first-order valence-corrected chi connectivity index (χ1v) is 6.94. The average molecular weight is 269 g/mol. The number of hydrogen-bond acceptors (Lipinski definition) is 2. The van der Waals surface area contributed by atoms with E-state index in [0.717, 1.165) is 24.2 Å². The normalized spacial score (nSPS) is 26.9. The first kappa shape index (κ1) is 13.7. The Labute approximate surface area is 114 Å². The predicted octanol–water partition coefficient (Wildman–Crippen LogP) is 4.35. The molecule has 0 aliphatic carbocycles. The lowest BCUT2D eigenvalue weighted by Gasteiger charge is -2.38. The first-order chi connectivity index (χ1) is 8.39. The average Bonchev–Trinajstić information content (AvgIpc) is 2.28. The number of ether oxygens (including phenoxy) is 1. The molecule has 1 aliphatic heterocycles. The van der Waals surface area contributed by atoms with Crippen LogP contribution in [0, 0.1) is 5.92 Å². The van der Waals surface area contributed by atoms with Gasteiger partial charge in [0.05, 0.1) is 6.10 Å². The van der Waals surface area contributed by atoms with Crippen LogP contribution in [0.25, 0.3) is 0 Å². The van der Waals surface area contributed by atoms with Crippen molar-refractivity contribution in [3.05, 3.63) is 28.8 Å². The lowest BCUT2D eigenvalue weighted by molar-refractivity contribution is -0.0100. The van der Waals surface area contributed by atoms with Gasteiger partial charge in [-0.15, -0.1) is 0 Å². The summed E-state index contributed by atoms with van der Waals surface area (Å²) in [6.45, 7) is 6.49. The number of aliphatic hydroxyl groups is 1. The van der Waals surface area contributed by atoms with E-state index >= 15 is 0 Å². The van der Waals surface area contributed by atoms with Crippen molar-refractivity contribution in [2.24, 2.45) is 5.92 Å². The maximum absolute atomic E-state index is 10.2. The second-order valence-electron chi connectivity index (χ2n) is 5.89. The van der Waals surface area contributed by atoms with Crippen LogP contribution in [0.15, 0.2) is 18.2 Å². The van der Waals surface area contributed by atoms with E-state index in [-0.39, 0.29) is 5.60 Å². The first-order valence-electron chi connectivity index (χ1n) is 6.56. The Morgan fingerprint density at radius 1 is 1.50 bits per heavy atom. The molecule has 1 heterocycles. The second-order valence-corrected chi connectivity index (χ2v) is 6.32. The summed E-state index contributed by atoms with van der Waals surface area (Å²) in [4.78, 5) is 0. The quantitative estimate of drug-likeness (QED) is 0.883. The highest BCUT2D eigenvalue weighted by atomic mass is 35.5. The van der Waals surface area contributed by atoms with Crippen molar-refractivity contribution in [2.45, 2.75) is 51.7 Å². The number of halogens is 1. The Hall–Kier alpha value is -0.730. The highest BCUT2D eigenvalue weighted by Crippen LogP contribution is 2.42. The van der Waals surface area contributed by atoms with E-state index in [1.807, 2.05) is 6.07 Å². The van der Waals surface area contributed by atoms with Crippen molar-refractivity contribution in [2.75, 3.05) is 0 Å². The summed E-state index contributed by atoms with van der Waals surface area (Å²) in [6, 6.07) is 5.46.